The Morgan fingerprint density at radius 3 is 2.25 bits per heavy atom. The third kappa shape index (κ3) is 9.50. The monoisotopic (exact) mass is 224 g/mol. The van der Waals surface area contributed by atoms with Gasteiger partial charge in [-0.2, -0.15) is 0 Å². The molecule has 1 N–H and O–H groups in total. The molecule has 0 saturated heterocycles. The lowest BCUT2D eigenvalue weighted by molar-refractivity contribution is -0.131. The number of rotatable bonds is 8. The van der Waals surface area contributed by atoms with Gasteiger partial charge in [0.2, 0.25) is 0 Å². The second-order valence-electron chi connectivity index (χ2n) is 4.38. The summed E-state index contributed by atoms with van der Waals surface area (Å²) in [5, 5.41) is 8.56. The van der Waals surface area contributed by atoms with Crippen LogP contribution < -0.4 is 0 Å². The summed E-state index contributed by atoms with van der Waals surface area (Å²) in [5.74, 6) is -0.871. The lowest BCUT2D eigenvalue weighted by atomic mass is 10.0. The van der Waals surface area contributed by atoms with Crippen molar-refractivity contribution in [2.75, 3.05) is 0 Å². The first-order chi connectivity index (χ1) is 7.56. The number of carboxylic acids is 1. The van der Waals surface area contributed by atoms with E-state index >= 15 is 0 Å². The third-order valence-electron chi connectivity index (χ3n) is 2.50. The van der Waals surface area contributed by atoms with Crippen LogP contribution in [0.25, 0.3) is 0 Å². The number of hydrogen-bond donors (Lipinski definition) is 1. The van der Waals surface area contributed by atoms with Crippen LogP contribution in [-0.4, -0.2) is 11.1 Å². The second kappa shape index (κ2) is 9.20. The molecule has 0 aliphatic rings. The van der Waals surface area contributed by atoms with Crippen LogP contribution in [0.5, 0.6) is 0 Å². The minimum absolute atomic E-state index is 0.818. The predicted molar refractivity (Wildman–Crippen MR) is 68.5 cm³/mol. The molecule has 0 spiro atoms. The Morgan fingerprint density at radius 2 is 1.69 bits per heavy atom. The number of carboxylic acid groups (broad SMARTS) is 1. The van der Waals surface area contributed by atoms with Crippen LogP contribution in [-0.2, 0) is 4.79 Å². The van der Waals surface area contributed by atoms with Crippen molar-refractivity contribution in [2.45, 2.75) is 59.3 Å². The van der Waals surface area contributed by atoms with Gasteiger partial charge in [0.25, 0.3) is 0 Å². The van der Waals surface area contributed by atoms with Crippen LogP contribution in [0.3, 0.4) is 0 Å². The molecule has 2 heteroatoms. The topological polar surface area (TPSA) is 37.3 Å². The summed E-state index contributed by atoms with van der Waals surface area (Å²) in [7, 11) is 0. The fourth-order valence-corrected chi connectivity index (χ4v) is 1.70. The van der Waals surface area contributed by atoms with E-state index in [1.165, 1.54) is 43.8 Å². The number of hydrogen-bond acceptors (Lipinski definition) is 1. The summed E-state index contributed by atoms with van der Waals surface area (Å²) in [6.45, 7) is 6.11. The predicted octanol–water partition coefficient (Wildman–Crippen LogP) is 4.32. The lowest BCUT2D eigenvalue weighted by Crippen LogP contribution is -1.89. The van der Waals surface area contributed by atoms with Crippen molar-refractivity contribution < 1.29 is 9.90 Å². The average molecular weight is 224 g/mol. The normalized spacial score (nSPS) is 12.9. The molecule has 0 fully saturated rings. The SMILES string of the molecule is CCCCCCC/C(C)=C\C(C)=C/C(=O)O. The van der Waals surface area contributed by atoms with E-state index in [4.69, 9.17) is 5.11 Å². The summed E-state index contributed by atoms with van der Waals surface area (Å²) < 4.78 is 0. The van der Waals surface area contributed by atoms with Gasteiger partial charge in [0, 0.05) is 6.08 Å². The fourth-order valence-electron chi connectivity index (χ4n) is 1.70. The van der Waals surface area contributed by atoms with Crippen LogP contribution in [0.1, 0.15) is 59.3 Å². The molecule has 0 rings (SSSR count). The first-order valence-electron chi connectivity index (χ1n) is 6.14. The number of allylic oxidation sites excluding steroid dienone is 3. The summed E-state index contributed by atoms with van der Waals surface area (Å²) in [4.78, 5) is 10.4. The van der Waals surface area contributed by atoms with Crippen molar-refractivity contribution in [3.8, 4) is 0 Å². The zero-order valence-corrected chi connectivity index (χ0v) is 10.8. The molecule has 0 radical (unpaired) electrons. The lowest BCUT2D eigenvalue weighted by Gasteiger charge is -2.01. The van der Waals surface area contributed by atoms with Gasteiger partial charge in [0.15, 0.2) is 0 Å². The molecule has 0 aliphatic heterocycles. The Labute approximate surface area is 99.1 Å². The molecular formula is C14H24O2. The van der Waals surface area contributed by atoms with Crippen molar-refractivity contribution in [2.24, 2.45) is 0 Å². The molecular weight excluding hydrogens is 200 g/mol. The van der Waals surface area contributed by atoms with Crippen LogP contribution in [0, 0.1) is 0 Å². The van der Waals surface area contributed by atoms with E-state index in [0.717, 1.165) is 12.0 Å². The molecule has 0 heterocycles. The van der Waals surface area contributed by atoms with Gasteiger partial charge in [-0.3, -0.25) is 0 Å². The van der Waals surface area contributed by atoms with E-state index in [0.29, 0.717) is 0 Å². The maximum Gasteiger partial charge on any atom is 0.328 e. The first-order valence-corrected chi connectivity index (χ1v) is 6.14. The van der Waals surface area contributed by atoms with E-state index in [1.54, 1.807) is 0 Å². The van der Waals surface area contributed by atoms with Crippen LogP contribution >= 0.6 is 0 Å². The van der Waals surface area contributed by atoms with Crippen LogP contribution in [0.2, 0.25) is 0 Å². The number of aliphatic carboxylic acids is 1. The van der Waals surface area contributed by atoms with E-state index in [1.807, 2.05) is 13.0 Å². The molecule has 92 valence electrons. The Kier molecular flexibility index (Phi) is 8.59. The third-order valence-corrected chi connectivity index (χ3v) is 2.50. The minimum atomic E-state index is -0.871. The van der Waals surface area contributed by atoms with Crippen molar-refractivity contribution in [3.63, 3.8) is 0 Å². The highest BCUT2D eigenvalue weighted by molar-refractivity contribution is 5.81. The molecule has 0 bridgehead atoms. The van der Waals surface area contributed by atoms with E-state index < -0.39 is 5.97 Å². The fraction of sp³-hybridized carbons (Fsp3) is 0.643. The number of unbranched alkanes of at least 4 members (excludes halogenated alkanes) is 4. The molecule has 2 nitrogen and oxygen atoms in total. The van der Waals surface area contributed by atoms with Crippen molar-refractivity contribution in [1.82, 2.24) is 0 Å². The van der Waals surface area contributed by atoms with Gasteiger partial charge in [-0.25, -0.2) is 4.79 Å². The standard InChI is InChI=1S/C14H24O2/c1-4-5-6-7-8-9-12(2)10-13(3)11-14(15)16/h10-11H,4-9H2,1-3H3,(H,15,16)/b12-10-,13-11-. The molecule has 0 atom stereocenters. The van der Waals surface area contributed by atoms with Gasteiger partial charge >= 0.3 is 5.97 Å². The largest absolute Gasteiger partial charge is 0.478 e. The summed E-state index contributed by atoms with van der Waals surface area (Å²) in [5.41, 5.74) is 2.09. The average Bonchev–Trinajstić information content (AvgIpc) is 2.15. The van der Waals surface area contributed by atoms with Gasteiger partial charge in [0.05, 0.1) is 0 Å². The molecule has 0 saturated carbocycles. The molecule has 16 heavy (non-hydrogen) atoms. The highest BCUT2D eigenvalue weighted by atomic mass is 16.4. The van der Waals surface area contributed by atoms with Gasteiger partial charge in [-0.15, -0.1) is 0 Å². The van der Waals surface area contributed by atoms with Crippen LogP contribution in [0.4, 0.5) is 0 Å². The van der Waals surface area contributed by atoms with Crippen molar-refractivity contribution >= 4 is 5.97 Å². The highest BCUT2D eigenvalue weighted by Gasteiger charge is 1.94. The Hall–Kier alpha value is -1.05. The molecule has 0 aromatic heterocycles. The smallest absolute Gasteiger partial charge is 0.328 e. The van der Waals surface area contributed by atoms with Gasteiger partial charge in [-0.1, -0.05) is 44.3 Å². The maximum atomic E-state index is 10.4. The summed E-state index contributed by atoms with van der Waals surface area (Å²) in [6, 6.07) is 0. The Bertz CT molecular complexity index is 262. The Balaban J connectivity index is 3.83. The maximum absolute atomic E-state index is 10.4. The van der Waals surface area contributed by atoms with Crippen molar-refractivity contribution in [3.05, 3.63) is 23.3 Å². The quantitative estimate of drug-likeness (QED) is 0.378. The molecule has 0 unspecified atom stereocenters. The van der Waals surface area contributed by atoms with Gasteiger partial charge in [-0.05, 0) is 32.3 Å². The zero-order valence-electron chi connectivity index (χ0n) is 10.8. The summed E-state index contributed by atoms with van der Waals surface area (Å²) in [6.07, 6.45) is 10.7. The van der Waals surface area contributed by atoms with Gasteiger partial charge < -0.3 is 5.11 Å². The van der Waals surface area contributed by atoms with Gasteiger partial charge in [0.1, 0.15) is 0 Å². The first kappa shape index (κ1) is 14.9. The van der Waals surface area contributed by atoms with Crippen LogP contribution in [0.15, 0.2) is 23.3 Å². The Morgan fingerprint density at radius 1 is 1.06 bits per heavy atom. The van der Waals surface area contributed by atoms with E-state index in [-0.39, 0.29) is 0 Å². The van der Waals surface area contributed by atoms with E-state index in [2.05, 4.69) is 13.8 Å². The minimum Gasteiger partial charge on any atom is -0.478 e. The molecule has 0 aromatic rings. The zero-order chi connectivity index (χ0) is 12.4. The molecule has 0 aromatic carbocycles. The summed E-state index contributed by atoms with van der Waals surface area (Å²) >= 11 is 0. The second-order valence-corrected chi connectivity index (χ2v) is 4.38. The highest BCUT2D eigenvalue weighted by Crippen LogP contribution is 2.12. The van der Waals surface area contributed by atoms with E-state index in [9.17, 15) is 4.79 Å². The molecule has 0 amide bonds. The number of carbonyl (C=O) groups is 1. The molecule has 0 aliphatic carbocycles. The van der Waals surface area contributed by atoms with Crippen molar-refractivity contribution in [1.29, 1.82) is 0 Å².